The zero-order valence-corrected chi connectivity index (χ0v) is 12.1. The number of thiophene rings is 1. The van der Waals surface area contributed by atoms with E-state index in [2.05, 4.69) is 10.6 Å². The first-order chi connectivity index (χ1) is 9.65. The molecule has 2 amide bonds. The Morgan fingerprint density at radius 1 is 1.25 bits per heavy atom. The molecule has 20 heavy (non-hydrogen) atoms. The van der Waals surface area contributed by atoms with Crippen molar-refractivity contribution in [1.29, 1.82) is 0 Å². The Labute approximate surface area is 122 Å². The van der Waals surface area contributed by atoms with Crippen molar-refractivity contribution < 1.29 is 14.7 Å². The van der Waals surface area contributed by atoms with Crippen molar-refractivity contribution in [3.63, 3.8) is 0 Å². The number of carboxylic acid groups (broad SMARTS) is 1. The number of amides is 2. The van der Waals surface area contributed by atoms with Gasteiger partial charge in [0.15, 0.2) is 0 Å². The third-order valence-electron chi connectivity index (χ3n) is 3.75. The van der Waals surface area contributed by atoms with Crippen molar-refractivity contribution >= 4 is 23.3 Å². The van der Waals surface area contributed by atoms with E-state index in [9.17, 15) is 9.59 Å². The molecule has 0 atom stereocenters. The highest BCUT2D eigenvalue weighted by atomic mass is 32.1. The highest BCUT2D eigenvalue weighted by molar-refractivity contribution is 7.09. The van der Waals surface area contributed by atoms with Crippen molar-refractivity contribution in [3.05, 3.63) is 22.4 Å². The molecular weight excluding hydrogens is 276 g/mol. The molecule has 1 aromatic heterocycles. The van der Waals surface area contributed by atoms with Gasteiger partial charge in [0.2, 0.25) is 0 Å². The minimum atomic E-state index is -0.690. The fourth-order valence-corrected chi connectivity index (χ4v) is 3.14. The minimum absolute atomic E-state index is 0.154. The molecule has 0 spiro atoms. The van der Waals surface area contributed by atoms with Gasteiger partial charge in [-0.2, -0.15) is 0 Å². The molecule has 1 aliphatic carbocycles. The molecule has 1 aliphatic rings. The van der Waals surface area contributed by atoms with Gasteiger partial charge in [-0.15, -0.1) is 11.3 Å². The highest BCUT2D eigenvalue weighted by Crippen LogP contribution is 2.28. The molecule has 0 unspecified atom stereocenters. The number of carbonyl (C=O) groups excluding carboxylic acids is 1. The van der Waals surface area contributed by atoms with Crippen molar-refractivity contribution in [3.8, 4) is 0 Å². The Morgan fingerprint density at radius 3 is 2.60 bits per heavy atom. The summed E-state index contributed by atoms with van der Waals surface area (Å²) in [6, 6.07) is 3.79. The Kier molecular flexibility index (Phi) is 5.40. The molecule has 3 N–H and O–H groups in total. The van der Waals surface area contributed by atoms with Gasteiger partial charge in [0.25, 0.3) is 0 Å². The van der Waals surface area contributed by atoms with Crippen molar-refractivity contribution in [2.45, 2.75) is 32.2 Å². The number of aliphatic carboxylic acids is 1. The SMILES string of the molecule is O=C(NCc1cccs1)NCC1CCC(C(=O)O)CC1. The normalized spacial score (nSPS) is 22.2. The maximum absolute atomic E-state index is 11.6. The number of carboxylic acids is 1. The fourth-order valence-electron chi connectivity index (χ4n) is 2.49. The summed E-state index contributed by atoms with van der Waals surface area (Å²) in [5.41, 5.74) is 0. The Balaban J connectivity index is 1.61. The van der Waals surface area contributed by atoms with E-state index in [1.807, 2.05) is 17.5 Å². The van der Waals surface area contributed by atoms with Crippen LogP contribution in [0.1, 0.15) is 30.6 Å². The van der Waals surface area contributed by atoms with E-state index in [4.69, 9.17) is 5.11 Å². The lowest BCUT2D eigenvalue weighted by Gasteiger charge is -2.26. The lowest BCUT2D eigenvalue weighted by atomic mass is 9.82. The number of urea groups is 1. The van der Waals surface area contributed by atoms with Crippen molar-refractivity contribution in [2.24, 2.45) is 11.8 Å². The Bertz CT molecular complexity index is 439. The molecule has 2 rings (SSSR count). The van der Waals surface area contributed by atoms with Crippen LogP contribution in [-0.4, -0.2) is 23.7 Å². The largest absolute Gasteiger partial charge is 0.481 e. The first kappa shape index (κ1) is 14.8. The zero-order chi connectivity index (χ0) is 14.4. The molecule has 1 aromatic rings. The number of nitrogens with one attached hydrogen (secondary N) is 2. The van der Waals surface area contributed by atoms with Crippen LogP contribution in [0.3, 0.4) is 0 Å². The molecule has 1 fully saturated rings. The van der Waals surface area contributed by atoms with E-state index in [0.717, 1.165) is 30.6 Å². The van der Waals surface area contributed by atoms with Crippen LogP contribution < -0.4 is 10.6 Å². The molecule has 1 saturated carbocycles. The lowest BCUT2D eigenvalue weighted by Crippen LogP contribution is -2.38. The monoisotopic (exact) mass is 296 g/mol. The summed E-state index contributed by atoms with van der Waals surface area (Å²) in [5, 5.41) is 16.6. The van der Waals surface area contributed by atoms with Crippen LogP contribution in [0.25, 0.3) is 0 Å². The Morgan fingerprint density at radius 2 is 2.00 bits per heavy atom. The summed E-state index contributed by atoms with van der Waals surface area (Å²) in [7, 11) is 0. The molecule has 0 aliphatic heterocycles. The predicted octanol–water partition coefficient (Wildman–Crippen LogP) is 2.44. The molecule has 1 heterocycles. The molecular formula is C14H20N2O3S. The van der Waals surface area contributed by atoms with Crippen LogP contribution in [0.15, 0.2) is 17.5 Å². The molecule has 6 heteroatoms. The first-order valence-electron chi connectivity index (χ1n) is 6.92. The second-order valence-corrected chi connectivity index (χ2v) is 6.23. The van der Waals surface area contributed by atoms with Gasteiger partial charge in [-0.3, -0.25) is 4.79 Å². The first-order valence-corrected chi connectivity index (χ1v) is 7.80. The minimum Gasteiger partial charge on any atom is -0.481 e. The third kappa shape index (κ3) is 4.52. The van der Waals surface area contributed by atoms with E-state index in [1.165, 1.54) is 0 Å². The summed E-state index contributed by atoms with van der Waals surface area (Å²) < 4.78 is 0. The van der Waals surface area contributed by atoms with Gasteiger partial charge >= 0.3 is 12.0 Å². The molecule has 0 bridgehead atoms. The highest BCUT2D eigenvalue weighted by Gasteiger charge is 2.25. The van der Waals surface area contributed by atoms with Crippen LogP contribution in [0.5, 0.6) is 0 Å². The van der Waals surface area contributed by atoms with Gasteiger partial charge in [-0.05, 0) is 43.0 Å². The smallest absolute Gasteiger partial charge is 0.315 e. The summed E-state index contributed by atoms with van der Waals surface area (Å²) in [6.45, 7) is 1.18. The van der Waals surface area contributed by atoms with Crippen LogP contribution >= 0.6 is 11.3 Å². The topological polar surface area (TPSA) is 78.4 Å². The van der Waals surface area contributed by atoms with Gasteiger partial charge in [0.1, 0.15) is 0 Å². The zero-order valence-electron chi connectivity index (χ0n) is 11.3. The van der Waals surface area contributed by atoms with E-state index in [0.29, 0.717) is 19.0 Å². The van der Waals surface area contributed by atoms with Gasteiger partial charge in [-0.1, -0.05) is 6.07 Å². The molecule has 110 valence electrons. The number of hydrogen-bond acceptors (Lipinski definition) is 3. The van der Waals surface area contributed by atoms with E-state index in [1.54, 1.807) is 11.3 Å². The van der Waals surface area contributed by atoms with Gasteiger partial charge < -0.3 is 15.7 Å². The van der Waals surface area contributed by atoms with Gasteiger partial charge in [-0.25, -0.2) is 4.79 Å². The quantitative estimate of drug-likeness (QED) is 0.781. The second-order valence-electron chi connectivity index (χ2n) is 5.20. The molecule has 0 aromatic carbocycles. The second kappa shape index (κ2) is 7.28. The number of rotatable bonds is 5. The number of hydrogen-bond donors (Lipinski definition) is 3. The summed E-state index contributed by atoms with van der Waals surface area (Å²) >= 11 is 1.62. The summed E-state index contributed by atoms with van der Waals surface area (Å²) in [6.07, 6.45) is 3.20. The average molecular weight is 296 g/mol. The molecule has 0 saturated heterocycles. The van der Waals surface area contributed by atoms with Crippen LogP contribution in [-0.2, 0) is 11.3 Å². The van der Waals surface area contributed by atoms with Gasteiger partial charge in [0.05, 0.1) is 12.5 Å². The maximum atomic E-state index is 11.6. The molecule has 0 radical (unpaired) electrons. The van der Waals surface area contributed by atoms with Crippen LogP contribution in [0.2, 0.25) is 0 Å². The predicted molar refractivity (Wildman–Crippen MR) is 77.6 cm³/mol. The van der Waals surface area contributed by atoms with Crippen LogP contribution in [0, 0.1) is 11.8 Å². The van der Waals surface area contributed by atoms with E-state index >= 15 is 0 Å². The third-order valence-corrected chi connectivity index (χ3v) is 4.63. The molecule has 5 nitrogen and oxygen atoms in total. The average Bonchev–Trinajstić information content (AvgIpc) is 2.96. The standard InChI is InChI=1S/C14H20N2O3S/c17-13(18)11-5-3-10(4-6-11)8-15-14(19)16-9-12-2-1-7-20-12/h1-2,7,10-11H,3-6,8-9H2,(H,17,18)(H2,15,16,19). The maximum Gasteiger partial charge on any atom is 0.315 e. The fraction of sp³-hybridized carbons (Fsp3) is 0.571. The van der Waals surface area contributed by atoms with Gasteiger partial charge in [0, 0.05) is 11.4 Å². The Hall–Kier alpha value is -1.56. The summed E-state index contributed by atoms with van der Waals surface area (Å²) in [4.78, 5) is 23.6. The lowest BCUT2D eigenvalue weighted by molar-refractivity contribution is -0.143. The van der Waals surface area contributed by atoms with Crippen molar-refractivity contribution in [2.75, 3.05) is 6.54 Å². The van der Waals surface area contributed by atoms with Crippen LogP contribution in [0.4, 0.5) is 4.79 Å². The van der Waals surface area contributed by atoms with E-state index < -0.39 is 5.97 Å². The summed E-state index contributed by atoms with van der Waals surface area (Å²) in [5.74, 6) is -0.484. The van der Waals surface area contributed by atoms with Crippen molar-refractivity contribution in [1.82, 2.24) is 10.6 Å². The number of carbonyl (C=O) groups is 2. The van der Waals surface area contributed by atoms with E-state index in [-0.39, 0.29) is 11.9 Å².